The monoisotopic (exact) mass is 362 g/mol. The fraction of sp³-hybridized carbons (Fsp3) is 0.150. The molecule has 1 aromatic heterocycles. The van der Waals surface area contributed by atoms with Crippen molar-refractivity contribution in [1.82, 2.24) is 10.3 Å². The highest BCUT2D eigenvalue weighted by molar-refractivity contribution is 7.09. The molecule has 0 saturated heterocycles. The first-order valence-electron chi connectivity index (χ1n) is 8.46. The minimum atomic E-state index is -0.195. The SMILES string of the molecule is O=C(Nc1cccc(C2=NCCN2)c1)c1csc(Cc2ccccc2)n1. The Hall–Kier alpha value is -2.99. The van der Waals surface area contributed by atoms with Gasteiger partial charge in [-0.05, 0) is 17.7 Å². The number of benzene rings is 2. The van der Waals surface area contributed by atoms with Crippen LogP contribution in [-0.2, 0) is 6.42 Å². The lowest BCUT2D eigenvalue weighted by molar-refractivity contribution is 0.102. The predicted octanol–water partition coefficient (Wildman–Crippen LogP) is 3.34. The summed E-state index contributed by atoms with van der Waals surface area (Å²) in [5.74, 6) is 0.680. The van der Waals surface area contributed by atoms with E-state index in [0.717, 1.165) is 41.6 Å². The van der Waals surface area contributed by atoms with Gasteiger partial charge in [0.25, 0.3) is 5.91 Å². The number of carbonyl (C=O) groups is 1. The molecule has 3 aromatic rings. The van der Waals surface area contributed by atoms with Crippen molar-refractivity contribution >= 4 is 28.8 Å². The van der Waals surface area contributed by atoms with Gasteiger partial charge in [0, 0.05) is 29.6 Å². The van der Waals surface area contributed by atoms with Crippen molar-refractivity contribution in [2.45, 2.75) is 6.42 Å². The number of amidine groups is 1. The zero-order valence-electron chi connectivity index (χ0n) is 14.1. The second-order valence-electron chi connectivity index (χ2n) is 5.98. The zero-order chi connectivity index (χ0) is 17.8. The molecular weight excluding hydrogens is 344 g/mol. The maximum Gasteiger partial charge on any atom is 0.275 e. The number of nitrogens with one attached hydrogen (secondary N) is 2. The van der Waals surface area contributed by atoms with E-state index >= 15 is 0 Å². The molecule has 0 unspecified atom stereocenters. The summed E-state index contributed by atoms with van der Waals surface area (Å²) in [6, 6.07) is 17.8. The molecule has 2 N–H and O–H groups in total. The molecule has 2 heterocycles. The van der Waals surface area contributed by atoms with Crippen molar-refractivity contribution in [1.29, 1.82) is 0 Å². The summed E-state index contributed by atoms with van der Waals surface area (Å²) >= 11 is 1.51. The molecule has 0 radical (unpaired) electrons. The number of carbonyl (C=O) groups excluding carboxylic acids is 1. The Bertz CT molecular complexity index is 949. The van der Waals surface area contributed by atoms with Gasteiger partial charge in [-0.3, -0.25) is 9.79 Å². The van der Waals surface area contributed by atoms with Crippen molar-refractivity contribution < 1.29 is 4.79 Å². The first-order chi connectivity index (χ1) is 12.8. The van der Waals surface area contributed by atoms with Gasteiger partial charge in [-0.2, -0.15) is 0 Å². The fourth-order valence-electron chi connectivity index (χ4n) is 2.80. The number of thiazole rings is 1. The standard InChI is InChI=1S/C20H18N4OS/c25-20(17-13-26-18(24-17)11-14-5-2-1-3-6-14)23-16-8-4-7-15(12-16)19-21-9-10-22-19/h1-8,12-13H,9-11H2,(H,21,22)(H,23,25). The molecule has 0 atom stereocenters. The number of hydrogen-bond acceptors (Lipinski definition) is 5. The van der Waals surface area contributed by atoms with Crippen molar-refractivity contribution in [3.8, 4) is 0 Å². The molecule has 0 aliphatic carbocycles. The van der Waals surface area contributed by atoms with E-state index in [4.69, 9.17) is 0 Å². The van der Waals surface area contributed by atoms with Gasteiger partial charge < -0.3 is 10.6 Å². The highest BCUT2D eigenvalue weighted by Crippen LogP contribution is 2.17. The van der Waals surface area contributed by atoms with Gasteiger partial charge in [-0.15, -0.1) is 11.3 Å². The van der Waals surface area contributed by atoms with Crippen LogP contribution in [0.3, 0.4) is 0 Å². The predicted molar refractivity (Wildman–Crippen MR) is 105 cm³/mol. The van der Waals surface area contributed by atoms with Gasteiger partial charge in [0.15, 0.2) is 0 Å². The van der Waals surface area contributed by atoms with E-state index in [-0.39, 0.29) is 5.91 Å². The van der Waals surface area contributed by atoms with Crippen LogP contribution in [0.2, 0.25) is 0 Å². The first kappa shape index (κ1) is 16.5. The second kappa shape index (κ2) is 7.49. The van der Waals surface area contributed by atoms with E-state index in [0.29, 0.717) is 5.69 Å². The second-order valence-corrected chi connectivity index (χ2v) is 6.92. The van der Waals surface area contributed by atoms with Gasteiger partial charge in [0.1, 0.15) is 11.5 Å². The van der Waals surface area contributed by atoms with Crippen LogP contribution in [-0.4, -0.2) is 29.8 Å². The van der Waals surface area contributed by atoms with Gasteiger partial charge in [-0.1, -0.05) is 42.5 Å². The van der Waals surface area contributed by atoms with Crippen LogP contribution in [0.4, 0.5) is 5.69 Å². The minimum Gasteiger partial charge on any atom is -0.368 e. The van der Waals surface area contributed by atoms with Crippen LogP contribution in [0.25, 0.3) is 0 Å². The molecule has 4 rings (SSSR count). The Morgan fingerprint density at radius 3 is 2.85 bits per heavy atom. The normalized spacial score (nSPS) is 13.2. The third-order valence-corrected chi connectivity index (χ3v) is 4.90. The van der Waals surface area contributed by atoms with Gasteiger partial charge in [0.2, 0.25) is 0 Å². The molecule has 130 valence electrons. The van der Waals surface area contributed by atoms with Crippen molar-refractivity contribution in [3.05, 3.63) is 81.8 Å². The van der Waals surface area contributed by atoms with E-state index in [9.17, 15) is 4.79 Å². The summed E-state index contributed by atoms with van der Waals surface area (Å²) in [7, 11) is 0. The van der Waals surface area contributed by atoms with Crippen LogP contribution in [0.15, 0.2) is 65.0 Å². The topological polar surface area (TPSA) is 66.4 Å². The van der Waals surface area contributed by atoms with Crippen LogP contribution >= 0.6 is 11.3 Å². The van der Waals surface area contributed by atoms with Crippen molar-refractivity contribution in [2.75, 3.05) is 18.4 Å². The zero-order valence-corrected chi connectivity index (χ0v) is 14.9. The quantitative estimate of drug-likeness (QED) is 0.732. The average molecular weight is 362 g/mol. The Balaban J connectivity index is 1.44. The minimum absolute atomic E-state index is 0.195. The first-order valence-corrected chi connectivity index (χ1v) is 9.34. The number of aliphatic imine (C=N–C) groups is 1. The number of amides is 1. The molecule has 1 amide bonds. The van der Waals surface area contributed by atoms with E-state index in [1.54, 1.807) is 5.38 Å². The molecule has 26 heavy (non-hydrogen) atoms. The summed E-state index contributed by atoms with van der Waals surface area (Å²) in [5.41, 5.74) is 3.35. The molecule has 0 spiro atoms. The fourth-order valence-corrected chi connectivity index (χ4v) is 3.61. The summed E-state index contributed by atoms with van der Waals surface area (Å²) in [5, 5.41) is 8.90. The summed E-state index contributed by atoms with van der Waals surface area (Å²) in [4.78, 5) is 21.4. The maximum atomic E-state index is 12.5. The van der Waals surface area contributed by atoms with E-state index in [2.05, 4.69) is 32.7 Å². The van der Waals surface area contributed by atoms with Crippen molar-refractivity contribution in [3.63, 3.8) is 0 Å². The van der Waals surface area contributed by atoms with Gasteiger partial charge in [-0.25, -0.2) is 4.98 Å². The lowest BCUT2D eigenvalue weighted by Gasteiger charge is -2.07. The van der Waals surface area contributed by atoms with Crippen LogP contribution < -0.4 is 10.6 Å². The van der Waals surface area contributed by atoms with Crippen LogP contribution in [0.5, 0.6) is 0 Å². The van der Waals surface area contributed by atoms with E-state index < -0.39 is 0 Å². The van der Waals surface area contributed by atoms with E-state index in [1.165, 1.54) is 16.9 Å². The molecule has 6 heteroatoms. The molecule has 1 aliphatic heterocycles. The largest absolute Gasteiger partial charge is 0.368 e. The Morgan fingerprint density at radius 2 is 2.04 bits per heavy atom. The average Bonchev–Trinajstić information content (AvgIpc) is 3.35. The lowest BCUT2D eigenvalue weighted by Crippen LogP contribution is -2.20. The number of anilines is 1. The molecule has 2 aromatic carbocycles. The molecule has 1 aliphatic rings. The Morgan fingerprint density at radius 1 is 1.15 bits per heavy atom. The third kappa shape index (κ3) is 3.81. The third-order valence-electron chi connectivity index (χ3n) is 4.05. The number of aromatic nitrogens is 1. The van der Waals surface area contributed by atoms with Gasteiger partial charge >= 0.3 is 0 Å². The molecule has 0 bridgehead atoms. The van der Waals surface area contributed by atoms with Crippen molar-refractivity contribution in [2.24, 2.45) is 4.99 Å². The summed E-state index contributed by atoms with van der Waals surface area (Å²) < 4.78 is 0. The number of rotatable bonds is 5. The molecule has 0 saturated carbocycles. The maximum absolute atomic E-state index is 12.5. The van der Waals surface area contributed by atoms with Crippen LogP contribution in [0, 0.1) is 0 Å². The van der Waals surface area contributed by atoms with E-state index in [1.807, 2.05) is 42.5 Å². The molecule has 5 nitrogen and oxygen atoms in total. The smallest absolute Gasteiger partial charge is 0.275 e. The molecular formula is C20H18N4OS. The lowest BCUT2D eigenvalue weighted by atomic mass is 10.2. The Kier molecular flexibility index (Phi) is 4.75. The summed E-state index contributed by atoms with van der Waals surface area (Å²) in [6.45, 7) is 1.64. The highest BCUT2D eigenvalue weighted by Gasteiger charge is 2.13. The number of nitrogens with zero attached hydrogens (tertiary/aromatic N) is 2. The van der Waals surface area contributed by atoms with Crippen LogP contribution in [0.1, 0.15) is 26.6 Å². The highest BCUT2D eigenvalue weighted by atomic mass is 32.1. The molecule has 0 fully saturated rings. The summed E-state index contributed by atoms with van der Waals surface area (Å²) in [6.07, 6.45) is 0.736. The van der Waals surface area contributed by atoms with Gasteiger partial charge in [0.05, 0.1) is 11.6 Å². The number of hydrogen-bond donors (Lipinski definition) is 2. The Labute approximate surface area is 155 Å².